The van der Waals surface area contributed by atoms with Crippen molar-refractivity contribution in [2.45, 2.75) is 25.9 Å². The van der Waals surface area contributed by atoms with Crippen molar-refractivity contribution in [2.24, 2.45) is 0 Å². The average molecular weight is 383 g/mol. The molecule has 0 aliphatic carbocycles. The maximum Gasteiger partial charge on any atom is 0.287 e. The molecule has 4 rings (SSSR count). The van der Waals surface area contributed by atoms with E-state index in [0.717, 1.165) is 29.5 Å². The Morgan fingerprint density at radius 1 is 1.15 bits per heavy atom. The average Bonchev–Trinajstić information content (AvgIpc) is 3.26. The lowest BCUT2D eigenvalue weighted by Gasteiger charge is -2.18. The first-order chi connectivity index (χ1) is 13.1. The highest BCUT2D eigenvalue weighted by Crippen LogP contribution is 2.23. The van der Waals surface area contributed by atoms with Crippen LogP contribution in [-0.2, 0) is 17.9 Å². The molecule has 27 heavy (non-hydrogen) atoms. The van der Waals surface area contributed by atoms with Gasteiger partial charge in [-0.05, 0) is 41.8 Å². The first-order valence-corrected chi connectivity index (χ1v) is 9.30. The number of rotatable bonds is 5. The Labute approximate surface area is 161 Å². The number of hydrogen-bond acceptors (Lipinski definition) is 3. The number of fused-ring (bicyclic) bond motifs is 1. The molecule has 1 fully saturated rings. The first kappa shape index (κ1) is 17.6. The number of likely N-dealkylation sites (tertiary alicyclic amines) is 1. The van der Waals surface area contributed by atoms with Crippen molar-refractivity contribution in [1.29, 1.82) is 0 Å². The smallest absolute Gasteiger partial charge is 0.287 e. The highest BCUT2D eigenvalue weighted by Gasteiger charge is 2.21. The van der Waals surface area contributed by atoms with Crippen molar-refractivity contribution in [3.8, 4) is 0 Å². The molecule has 2 heterocycles. The van der Waals surface area contributed by atoms with Crippen LogP contribution in [0.2, 0.25) is 5.02 Å². The summed E-state index contributed by atoms with van der Waals surface area (Å²) in [6.07, 6.45) is 1.53. The van der Waals surface area contributed by atoms with Gasteiger partial charge in [0.05, 0.1) is 0 Å². The normalized spacial score (nSPS) is 14.1. The minimum Gasteiger partial charge on any atom is -0.451 e. The number of carbonyl (C=O) groups is 2. The van der Waals surface area contributed by atoms with Gasteiger partial charge in [0.15, 0.2) is 5.76 Å². The molecule has 1 aliphatic rings. The Balaban J connectivity index is 1.46. The first-order valence-electron chi connectivity index (χ1n) is 8.92. The van der Waals surface area contributed by atoms with Crippen LogP contribution in [0.4, 0.5) is 0 Å². The van der Waals surface area contributed by atoms with Gasteiger partial charge in [0.25, 0.3) is 5.91 Å². The number of amides is 2. The molecule has 1 aliphatic heterocycles. The third-order valence-corrected chi connectivity index (χ3v) is 5.03. The van der Waals surface area contributed by atoms with Crippen LogP contribution in [0.15, 0.2) is 52.9 Å². The van der Waals surface area contributed by atoms with Gasteiger partial charge in [-0.3, -0.25) is 9.59 Å². The van der Waals surface area contributed by atoms with Crippen molar-refractivity contribution >= 4 is 34.4 Å². The summed E-state index contributed by atoms with van der Waals surface area (Å²) < 4.78 is 5.60. The van der Waals surface area contributed by atoms with E-state index in [2.05, 4.69) is 5.32 Å². The standard InChI is InChI=1S/C21H19ClN2O3/c22-17-7-8-18-16(10-17)11-19(27-18)21(26)23-12-14-4-1-2-5-15(14)13-24-9-3-6-20(24)25/h1-2,4-5,7-8,10-11H,3,6,9,12-13H2,(H,23,26). The molecule has 1 N–H and O–H groups in total. The third kappa shape index (κ3) is 3.83. The SMILES string of the molecule is O=C(NCc1ccccc1CN1CCCC1=O)c1cc2cc(Cl)ccc2o1. The fraction of sp³-hybridized carbons (Fsp3) is 0.238. The van der Waals surface area contributed by atoms with Gasteiger partial charge < -0.3 is 14.6 Å². The zero-order valence-electron chi connectivity index (χ0n) is 14.7. The van der Waals surface area contributed by atoms with Gasteiger partial charge in [-0.2, -0.15) is 0 Å². The lowest BCUT2D eigenvalue weighted by atomic mass is 10.1. The van der Waals surface area contributed by atoms with E-state index in [4.69, 9.17) is 16.0 Å². The van der Waals surface area contributed by atoms with Crippen LogP contribution >= 0.6 is 11.6 Å². The van der Waals surface area contributed by atoms with Gasteiger partial charge in [-0.25, -0.2) is 0 Å². The van der Waals surface area contributed by atoms with Crippen molar-refractivity contribution in [1.82, 2.24) is 10.2 Å². The monoisotopic (exact) mass is 382 g/mol. The second kappa shape index (κ2) is 7.45. The third-order valence-electron chi connectivity index (χ3n) is 4.79. The summed E-state index contributed by atoms with van der Waals surface area (Å²) in [5.41, 5.74) is 2.66. The molecule has 138 valence electrons. The number of benzene rings is 2. The summed E-state index contributed by atoms with van der Waals surface area (Å²) >= 11 is 5.98. The number of halogens is 1. The van der Waals surface area contributed by atoms with Crippen LogP contribution < -0.4 is 5.32 Å². The minimum atomic E-state index is -0.283. The van der Waals surface area contributed by atoms with Crippen molar-refractivity contribution < 1.29 is 14.0 Å². The number of furan rings is 1. The highest BCUT2D eigenvalue weighted by atomic mass is 35.5. The molecule has 0 atom stereocenters. The summed E-state index contributed by atoms with van der Waals surface area (Å²) in [4.78, 5) is 26.2. The second-order valence-corrected chi connectivity index (χ2v) is 7.10. The van der Waals surface area contributed by atoms with Gasteiger partial charge in [0.1, 0.15) is 5.58 Å². The predicted molar refractivity (Wildman–Crippen MR) is 103 cm³/mol. The Morgan fingerprint density at radius 3 is 2.74 bits per heavy atom. The van der Waals surface area contributed by atoms with Gasteiger partial charge in [-0.15, -0.1) is 0 Å². The molecule has 0 saturated carbocycles. The van der Waals surface area contributed by atoms with E-state index in [1.165, 1.54) is 0 Å². The second-order valence-electron chi connectivity index (χ2n) is 6.66. The predicted octanol–water partition coefficient (Wildman–Crippen LogP) is 4.14. The van der Waals surface area contributed by atoms with Gasteiger partial charge in [-0.1, -0.05) is 35.9 Å². The maximum atomic E-state index is 12.5. The molecule has 1 saturated heterocycles. The minimum absolute atomic E-state index is 0.190. The Bertz CT molecular complexity index is 1010. The molecule has 2 aromatic carbocycles. The molecule has 0 bridgehead atoms. The van der Waals surface area contributed by atoms with Gasteiger partial charge in [0, 0.05) is 36.5 Å². The zero-order chi connectivity index (χ0) is 18.8. The van der Waals surface area contributed by atoms with Gasteiger partial charge >= 0.3 is 0 Å². The van der Waals surface area contributed by atoms with Crippen LogP contribution in [0.25, 0.3) is 11.0 Å². The molecule has 0 radical (unpaired) electrons. The maximum absolute atomic E-state index is 12.5. The summed E-state index contributed by atoms with van der Waals surface area (Å²) in [6.45, 7) is 1.74. The summed E-state index contributed by atoms with van der Waals surface area (Å²) in [7, 11) is 0. The molecular weight excluding hydrogens is 364 g/mol. The molecule has 0 unspecified atom stereocenters. The molecule has 6 heteroatoms. The van der Waals surface area contributed by atoms with Crippen LogP contribution in [0.5, 0.6) is 0 Å². The summed E-state index contributed by atoms with van der Waals surface area (Å²) in [6, 6.07) is 14.8. The van der Waals surface area contributed by atoms with Crippen molar-refractivity contribution in [2.75, 3.05) is 6.54 Å². The highest BCUT2D eigenvalue weighted by molar-refractivity contribution is 6.31. The van der Waals surface area contributed by atoms with E-state index in [0.29, 0.717) is 30.1 Å². The number of carbonyl (C=O) groups excluding carboxylic acids is 2. The molecule has 2 amide bonds. The summed E-state index contributed by atoms with van der Waals surface area (Å²) in [5, 5.41) is 4.29. The lowest BCUT2D eigenvalue weighted by Crippen LogP contribution is -2.26. The van der Waals surface area contributed by atoms with Gasteiger partial charge in [0.2, 0.25) is 5.91 Å². The Hall–Kier alpha value is -2.79. The quantitative estimate of drug-likeness (QED) is 0.721. The van der Waals surface area contributed by atoms with Crippen LogP contribution in [0.3, 0.4) is 0 Å². The molecule has 1 aromatic heterocycles. The fourth-order valence-electron chi connectivity index (χ4n) is 3.35. The van der Waals surface area contributed by atoms with E-state index in [1.54, 1.807) is 24.3 Å². The molecule has 3 aromatic rings. The number of nitrogens with one attached hydrogen (secondary N) is 1. The Morgan fingerprint density at radius 2 is 1.96 bits per heavy atom. The molecule has 5 nitrogen and oxygen atoms in total. The topological polar surface area (TPSA) is 62.6 Å². The number of hydrogen-bond donors (Lipinski definition) is 1. The van der Waals surface area contributed by atoms with Crippen LogP contribution in [0.1, 0.15) is 34.5 Å². The molecular formula is C21H19ClN2O3. The van der Waals surface area contributed by atoms with E-state index in [1.807, 2.05) is 29.2 Å². The van der Waals surface area contributed by atoms with E-state index < -0.39 is 0 Å². The van der Waals surface area contributed by atoms with E-state index in [-0.39, 0.29) is 17.6 Å². The lowest BCUT2D eigenvalue weighted by molar-refractivity contribution is -0.128. The van der Waals surface area contributed by atoms with Crippen molar-refractivity contribution in [3.05, 3.63) is 70.4 Å². The van der Waals surface area contributed by atoms with E-state index >= 15 is 0 Å². The largest absolute Gasteiger partial charge is 0.451 e. The van der Waals surface area contributed by atoms with Crippen molar-refractivity contribution in [3.63, 3.8) is 0 Å². The summed E-state index contributed by atoms with van der Waals surface area (Å²) in [5.74, 6) is 0.156. The zero-order valence-corrected chi connectivity index (χ0v) is 15.5. The van der Waals surface area contributed by atoms with Crippen LogP contribution in [-0.4, -0.2) is 23.3 Å². The Kier molecular flexibility index (Phi) is 4.86. The molecule has 0 spiro atoms. The fourth-order valence-corrected chi connectivity index (χ4v) is 3.53. The number of nitrogens with zero attached hydrogens (tertiary/aromatic N) is 1. The van der Waals surface area contributed by atoms with Crippen LogP contribution in [0, 0.1) is 0 Å². The van der Waals surface area contributed by atoms with E-state index in [9.17, 15) is 9.59 Å².